The summed E-state index contributed by atoms with van der Waals surface area (Å²) in [6.45, 7) is 0.388. The summed E-state index contributed by atoms with van der Waals surface area (Å²) in [5.41, 5.74) is 1.76. The number of amides is 2. The summed E-state index contributed by atoms with van der Waals surface area (Å²) in [6, 6.07) is 15.4. The topological polar surface area (TPSA) is 67.4 Å². The van der Waals surface area contributed by atoms with Crippen LogP contribution in [0.1, 0.15) is 10.4 Å². The summed E-state index contributed by atoms with van der Waals surface area (Å²) in [4.78, 5) is 23.6. The van der Waals surface area contributed by atoms with Gasteiger partial charge in [0.2, 0.25) is 0 Å². The molecule has 0 heterocycles. The molecule has 0 radical (unpaired) electrons. The molecule has 2 amide bonds. The van der Waals surface area contributed by atoms with E-state index in [1.54, 1.807) is 48.2 Å². The number of benzene rings is 2. The lowest BCUT2D eigenvalue weighted by molar-refractivity contribution is 0.0530. The van der Waals surface area contributed by atoms with Gasteiger partial charge in [0, 0.05) is 17.1 Å². The van der Waals surface area contributed by atoms with E-state index in [4.69, 9.17) is 4.74 Å². The van der Waals surface area contributed by atoms with Crippen molar-refractivity contribution in [1.29, 1.82) is 0 Å². The van der Waals surface area contributed by atoms with Crippen LogP contribution in [0.15, 0.2) is 54.6 Å². The molecule has 0 fully saturated rings. The number of hydrogen-bond donors (Lipinski definition) is 2. The standard InChI is InChI=1S/C17H18N2O3S/c1-23-12-11-22-16(20)13-7-9-15(10-8-13)19-17(21)18-14-5-3-2-4-6-14/h2-10H,11-12H2,1H3,(H2,18,19,21). The molecular weight excluding hydrogens is 312 g/mol. The van der Waals surface area contributed by atoms with Crippen LogP contribution in [0.5, 0.6) is 0 Å². The Morgan fingerprint density at radius 3 is 2.17 bits per heavy atom. The quantitative estimate of drug-likeness (QED) is 0.623. The molecule has 5 nitrogen and oxygen atoms in total. The number of para-hydroxylation sites is 1. The van der Waals surface area contributed by atoms with Crippen LogP contribution in [0.4, 0.5) is 16.2 Å². The first-order valence-corrected chi connectivity index (χ1v) is 8.47. The number of rotatable bonds is 6. The molecule has 2 aromatic carbocycles. The van der Waals surface area contributed by atoms with Crippen molar-refractivity contribution in [3.05, 3.63) is 60.2 Å². The predicted octanol–water partition coefficient (Wildman–Crippen LogP) is 3.85. The van der Waals surface area contributed by atoms with Crippen LogP contribution in [0.2, 0.25) is 0 Å². The van der Waals surface area contributed by atoms with Gasteiger partial charge < -0.3 is 15.4 Å². The molecule has 0 aliphatic carbocycles. The zero-order chi connectivity index (χ0) is 16.5. The second-order valence-electron chi connectivity index (χ2n) is 4.65. The van der Waals surface area contributed by atoms with Gasteiger partial charge in [0.25, 0.3) is 0 Å². The molecule has 120 valence electrons. The lowest BCUT2D eigenvalue weighted by atomic mass is 10.2. The maximum Gasteiger partial charge on any atom is 0.338 e. The molecule has 0 saturated carbocycles. The van der Waals surface area contributed by atoms with Crippen molar-refractivity contribution in [2.24, 2.45) is 0 Å². The Kier molecular flexibility index (Phi) is 6.50. The van der Waals surface area contributed by atoms with E-state index >= 15 is 0 Å². The van der Waals surface area contributed by atoms with Gasteiger partial charge in [-0.2, -0.15) is 11.8 Å². The van der Waals surface area contributed by atoms with E-state index in [9.17, 15) is 9.59 Å². The maximum atomic E-state index is 11.9. The number of esters is 1. The minimum atomic E-state index is -0.362. The van der Waals surface area contributed by atoms with Gasteiger partial charge in [0.05, 0.1) is 5.56 Å². The van der Waals surface area contributed by atoms with Gasteiger partial charge >= 0.3 is 12.0 Å². The van der Waals surface area contributed by atoms with Gasteiger partial charge in [-0.15, -0.1) is 0 Å². The van der Waals surface area contributed by atoms with Gasteiger partial charge in [0.15, 0.2) is 0 Å². The smallest absolute Gasteiger partial charge is 0.338 e. The number of anilines is 2. The first-order valence-electron chi connectivity index (χ1n) is 7.08. The minimum Gasteiger partial charge on any atom is -0.461 e. The summed E-state index contributed by atoms with van der Waals surface area (Å²) in [5.74, 6) is 0.407. The number of ether oxygens (including phenoxy) is 1. The van der Waals surface area contributed by atoms with Crippen LogP contribution in [-0.4, -0.2) is 30.6 Å². The Morgan fingerprint density at radius 1 is 0.957 bits per heavy atom. The lowest BCUT2D eigenvalue weighted by Crippen LogP contribution is -2.19. The zero-order valence-corrected chi connectivity index (χ0v) is 13.6. The van der Waals surface area contributed by atoms with Crippen LogP contribution in [0.25, 0.3) is 0 Å². The highest BCUT2D eigenvalue weighted by molar-refractivity contribution is 7.98. The molecule has 0 aliphatic heterocycles. The Hall–Kier alpha value is -2.47. The molecule has 6 heteroatoms. The third kappa shape index (κ3) is 5.67. The molecule has 0 aliphatic rings. The first-order chi connectivity index (χ1) is 11.2. The maximum absolute atomic E-state index is 11.9. The molecule has 0 unspecified atom stereocenters. The van der Waals surface area contributed by atoms with E-state index in [2.05, 4.69) is 10.6 Å². The van der Waals surface area contributed by atoms with Crippen molar-refractivity contribution in [3.8, 4) is 0 Å². The normalized spacial score (nSPS) is 9.96. The number of thioether (sulfide) groups is 1. The highest BCUT2D eigenvalue weighted by atomic mass is 32.2. The lowest BCUT2D eigenvalue weighted by Gasteiger charge is -2.08. The molecule has 23 heavy (non-hydrogen) atoms. The van der Waals surface area contributed by atoms with E-state index in [1.165, 1.54) is 0 Å². The number of hydrogen-bond acceptors (Lipinski definition) is 4. The molecule has 0 spiro atoms. The van der Waals surface area contributed by atoms with Crippen LogP contribution in [-0.2, 0) is 4.74 Å². The molecule has 0 bridgehead atoms. The van der Waals surface area contributed by atoms with Gasteiger partial charge in [0.1, 0.15) is 6.61 Å². The molecule has 0 saturated heterocycles. The van der Waals surface area contributed by atoms with Gasteiger partial charge in [-0.25, -0.2) is 9.59 Å². The summed E-state index contributed by atoms with van der Waals surface area (Å²) >= 11 is 1.62. The number of nitrogens with one attached hydrogen (secondary N) is 2. The summed E-state index contributed by atoms with van der Waals surface area (Å²) in [7, 11) is 0. The van der Waals surface area contributed by atoms with E-state index in [1.807, 2.05) is 24.5 Å². The zero-order valence-electron chi connectivity index (χ0n) is 12.7. The van der Waals surface area contributed by atoms with Crippen LogP contribution in [0, 0.1) is 0 Å². The minimum absolute atomic E-state index is 0.341. The molecule has 0 aromatic heterocycles. The average molecular weight is 330 g/mol. The molecule has 2 aromatic rings. The van der Waals surface area contributed by atoms with Gasteiger partial charge in [-0.1, -0.05) is 18.2 Å². The summed E-state index contributed by atoms with van der Waals surface area (Å²) in [5, 5.41) is 5.42. The van der Waals surface area contributed by atoms with Crippen molar-refractivity contribution < 1.29 is 14.3 Å². The largest absolute Gasteiger partial charge is 0.461 e. The SMILES string of the molecule is CSCCOC(=O)c1ccc(NC(=O)Nc2ccccc2)cc1. The fraction of sp³-hybridized carbons (Fsp3) is 0.176. The number of urea groups is 1. The highest BCUT2D eigenvalue weighted by Crippen LogP contribution is 2.12. The molecule has 2 N–H and O–H groups in total. The molecule has 0 atom stereocenters. The first kappa shape index (κ1) is 16.9. The van der Waals surface area contributed by atoms with Crippen molar-refractivity contribution >= 4 is 35.1 Å². The van der Waals surface area contributed by atoms with Gasteiger partial charge in [-0.05, 0) is 42.7 Å². The predicted molar refractivity (Wildman–Crippen MR) is 94.2 cm³/mol. The second-order valence-corrected chi connectivity index (χ2v) is 5.64. The van der Waals surface area contributed by atoms with Crippen molar-refractivity contribution in [2.75, 3.05) is 29.2 Å². The third-order valence-corrected chi connectivity index (χ3v) is 3.51. The van der Waals surface area contributed by atoms with Crippen molar-refractivity contribution in [1.82, 2.24) is 0 Å². The Balaban J connectivity index is 1.87. The van der Waals surface area contributed by atoms with E-state index < -0.39 is 0 Å². The monoisotopic (exact) mass is 330 g/mol. The van der Waals surface area contributed by atoms with E-state index in [-0.39, 0.29) is 12.0 Å². The number of carbonyl (C=O) groups excluding carboxylic acids is 2. The molecule has 2 rings (SSSR count). The van der Waals surface area contributed by atoms with Crippen LogP contribution < -0.4 is 10.6 Å². The van der Waals surface area contributed by atoms with Crippen molar-refractivity contribution in [2.45, 2.75) is 0 Å². The van der Waals surface area contributed by atoms with E-state index in [0.717, 1.165) is 5.75 Å². The van der Waals surface area contributed by atoms with Gasteiger partial charge in [-0.3, -0.25) is 0 Å². The Morgan fingerprint density at radius 2 is 1.57 bits per heavy atom. The molecular formula is C17H18N2O3S. The van der Waals surface area contributed by atoms with E-state index in [0.29, 0.717) is 23.5 Å². The van der Waals surface area contributed by atoms with Crippen LogP contribution >= 0.6 is 11.8 Å². The number of carbonyl (C=O) groups is 2. The van der Waals surface area contributed by atoms with Crippen LogP contribution in [0.3, 0.4) is 0 Å². The average Bonchev–Trinajstić information content (AvgIpc) is 2.56. The highest BCUT2D eigenvalue weighted by Gasteiger charge is 2.07. The fourth-order valence-corrected chi connectivity index (χ4v) is 2.06. The third-order valence-electron chi connectivity index (χ3n) is 2.93. The van der Waals surface area contributed by atoms with Crippen molar-refractivity contribution in [3.63, 3.8) is 0 Å². The summed E-state index contributed by atoms with van der Waals surface area (Å²) < 4.78 is 5.11. The fourth-order valence-electron chi connectivity index (χ4n) is 1.81. The second kappa shape index (κ2) is 8.85. The Labute approximate surface area is 139 Å². The summed E-state index contributed by atoms with van der Waals surface area (Å²) in [6.07, 6.45) is 1.95. The Bertz CT molecular complexity index is 645.